The van der Waals surface area contributed by atoms with Gasteiger partial charge in [-0.25, -0.2) is 14.4 Å². The topological polar surface area (TPSA) is 124 Å². The van der Waals surface area contributed by atoms with Crippen LogP contribution in [0.25, 0.3) is 17.0 Å². The van der Waals surface area contributed by atoms with Gasteiger partial charge in [-0.3, -0.25) is 20.2 Å². The average molecular weight is 682 g/mol. The Kier molecular flexibility index (Phi) is 9.89. The van der Waals surface area contributed by atoms with E-state index < -0.39 is 67.2 Å². The third kappa shape index (κ3) is 8.19. The van der Waals surface area contributed by atoms with Crippen LogP contribution in [0.4, 0.5) is 23.2 Å². The molecular weight excluding hydrogens is 642 g/mol. The van der Waals surface area contributed by atoms with Crippen molar-refractivity contribution in [1.29, 1.82) is 0 Å². The van der Waals surface area contributed by atoms with Crippen LogP contribution in [0.2, 0.25) is 0 Å². The average Bonchev–Trinajstić information content (AvgIpc) is 3.79. The molecule has 1 aliphatic carbocycles. The number of aromatic nitrogens is 1. The summed E-state index contributed by atoms with van der Waals surface area (Å²) in [5.41, 5.74) is 3.02. The molecule has 260 valence electrons. The number of nitrogens with zero attached hydrogens (tertiary/aromatic N) is 4. The number of likely N-dealkylation sites (tertiary alicyclic amines) is 1. The number of rotatable bonds is 9. The molecule has 3 aromatic rings. The number of hydrazine groups is 1. The van der Waals surface area contributed by atoms with Crippen molar-refractivity contribution in [2.75, 3.05) is 44.2 Å². The second kappa shape index (κ2) is 14.1. The summed E-state index contributed by atoms with van der Waals surface area (Å²) in [6, 6.07) is 10.7. The number of allylic oxidation sites excluding steroid dienone is 1. The minimum absolute atomic E-state index is 0.0520. The Morgan fingerprint density at radius 1 is 1.04 bits per heavy atom. The van der Waals surface area contributed by atoms with E-state index in [1.54, 1.807) is 11.9 Å². The molecule has 0 radical (unpaired) electrons. The molecule has 3 aliphatic rings. The smallest absolute Gasteiger partial charge is 0.369 e. The molecule has 3 atom stereocenters. The number of benzene rings is 2. The Balaban J connectivity index is 1.15. The van der Waals surface area contributed by atoms with Gasteiger partial charge in [-0.2, -0.15) is 13.2 Å². The number of amides is 3. The van der Waals surface area contributed by atoms with Crippen molar-refractivity contribution in [1.82, 2.24) is 25.5 Å². The quantitative estimate of drug-likeness (QED) is 0.229. The molecule has 4 N–H and O–H groups in total. The number of pyridine rings is 1. The number of hydrogen-bond donors (Lipinski definition) is 3. The first-order valence-electron chi connectivity index (χ1n) is 16.4. The van der Waals surface area contributed by atoms with Gasteiger partial charge in [0.1, 0.15) is 17.6 Å². The predicted octanol–water partition coefficient (Wildman–Crippen LogP) is 4.18. The molecule has 0 spiro atoms. The molecule has 2 saturated heterocycles. The number of halogens is 4. The second-order valence-corrected chi connectivity index (χ2v) is 13.0. The van der Waals surface area contributed by atoms with Gasteiger partial charge in [0.25, 0.3) is 5.91 Å². The van der Waals surface area contributed by atoms with Crippen LogP contribution in [0.15, 0.2) is 54.6 Å². The van der Waals surface area contributed by atoms with Crippen LogP contribution < -0.4 is 21.4 Å². The minimum atomic E-state index is -4.62. The SMILES string of the molecule is C[C@H](NC(=O)[C@@H]1C[C@@H](C(F)(F)F)CN1C(=O)CNC(=O)c1ccc2cc(F)ccc2n1)c1ccc(N2CCN(N)CC2)cc1/C=C/C1CC1. The molecule has 1 saturated carbocycles. The van der Waals surface area contributed by atoms with Crippen molar-refractivity contribution < 1.29 is 31.9 Å². The Hall–Kier alpha value is -4.56. The highest BCUT2D eigenvalue weighted by molar-refractivity contribution is 5.97. The molecule has 14 heteroatoms. The Labute approximate surface area is 281 Å². The molecule has 3 amide bonds. The number of nitrogens with two attached hydrogens (primary N) is 1. The predicted molar refractivity (Wildman–Crippen MR) is 176 cm³/mol. The summed E-state index contributed by atoms with van der Waals surface area (Å²) in [4.78, 5) is 47.0. The Bertz CT molecular complexity index is 1750. The first kappa shape index (κ1) is 34.3. The van der Waals surface area contributed by atoms with Crippen LogP contribution in [0, 0.1) is 17.7 Å². The van der Waals surface area contributed by atoms with Crippen molar-refractivity contribution in [3.8, 4) is 0 Å². The Morgan fingerprint density at radius 2 is 1.80 bits per heavy atom. The van der Waals surface area contributed by atoms with E-state index >= 15 is 0 Å². The van der Waals surface area contributed by atoms with Crippen LogP contribution in [0.1, 0.15) is 53.8 Å². The number of carbonyl (C=O) groups is 3. The lowest BCUT2D eigenvalue weighted by atomic mass is 9.98. The highest BCUT2D eigenvalue weighted by atomic mass is 19.4. The van der Waals surface area contributed by atoms with Crippen LogP contribution in [0.5, 0.6) is 0 Å². The molecule has 2 aliphatic heterocycles. The van der Waals surface area contributed by atoms with Crippen LogP contribution in [-0.2, 0) is 9.59 Å². The van der Waals surface area contributed by atoms with Crippen molar-refractivity contribution in [3.63, 3.8) is 0 Å². The zero-order chi connectivity index (χ0) is 34.9. The van der Waals surface area contributed by atoms with E-state index in [1.807, 2.05) is 18.2 Å². The van der Waals surface area contributed by atoms with Crippen molar-refractivity contribution in [2.24, 2.45) is 17.7 Å². The zero-order valence-corrected chi connectivity index (χ0v) is 27.0. The molecule has 6 rings (SSSR count). The summed E-state index contributed by atoms with van der Waals surface area (Å²) >= 11 is 0. The third-order valence-electron chi connectivity index (χ3n) is 9.42. The van der Waals surface area contributed by atoms with E-state index in [0.29, 0.717) is 16.8 Å². The van der Waals surface area contributed by atoms with Crippen LogP contribution >= 0.6 is 0 Å². The molecule has 1 aromatic heterocycles. The van der Waals surface area contributed by atoms with Crippen molar-refractivity contribution in [3.05, 3.63) is 77.2 Å². The summed E-state index contributed by atoms with van der Waals surface area (Å²) in [5.74, 6) is 1.80. The number of carbonyl (C=O) groups excluding carboxylic acids is 3. The molecule has 3 fully saturated rings. The normalized spacial score (nSPS) is 20.9. The van der Waals surface area contributed by atoms with E-state index in [9.17, 15) is 31.9 Å². The lowest BCUT2D eigenvalue weighted by Gasteiger charge is -2.34. The van der Waals surface area contributed by atoms with Crippen LogP contribution in [0.3, 0.4) is 0 Å². The van der Waals surface area contributed by atoms with Crippen molar-refractivity contribution in [2.45, 2.75) is 44.4 Å². The summed E-state index contributed by atoms with van der Waals surface area (Å²) in [5, 5.41) is 7.51. The van der Waals surface area contributed by atoms with Gasteiger partial charge in [-0.1, -0.05) is 24.3 Å². The van der Waals surface area contributed by atoms with Gasteiger partial charge < -0.3 is 20.4 Å². The molecule has 10 nitrogen and oxygen atoms in total. The van der Waals surface area contributed by atoms with Gasteiger partial charge in [0, 0.05) is 43.8 Å². The fourth-order valence-electron chi connectivity index (χ4n) is 6.36. The number of nitrogens with one attached hydrogen (secondary N) is 2. The summed E-state index contributed by atoms with van der Waals surface area (Å²) < 4.78 is 55.1. The number of hydrogen-bond acceptors (Lipinski definition) is 7. The van der Waals surface area contributed by atoms with E-state index in [0.717, 1.165) is 60.7 Å². The van der Waals surface area contributed by atoms with E-state index in [2.05, 4.69) is 32.7 Å². The number of piperazine rings is 1. The molecule has 2 aromatic carbocycles. The largest absolute Gasteiger partial charge is 0.393 e. The fourth-order valence-corrected chi connectivity index (χ4v) is 6.36. The van der Waals surface area contributed by atoms with Gasteiger partial charge >= 0.3 is 6.18 Å². The summed E-state index contributed by atoms with van der Waals surface area (Å²) in [7, 11) is 0. The maximum absolute atomic E-state index is 13.9. The lowest BCUT2D eigenvalue weighted by molar-refractivity contribution is -0.171. The number of alkyl halides is 3. The third-order valence-corrected chi connectivity index (χ3v) is 9.42. The molecule has 0 bridgehead atoms. The maximum atomic E-state index is 13.9. The maximum Gasteiger partial charge on any atom is 0.393 e. The van der Waals surface area contributed by atoms with Crippen molar-refractivity contribution >= 4 is 40.4 Å². The van der Waals surface area contributed by atoms with Crippen LogP contribution in [-0.4, -0.2) is 84.1 Å². The Morgan fingerprint density at radius 3 is 2.51 bits per heavy atom. The molecular formula is C35H39F4N7O3. The molecule has 49 heavy (non-hydrogen) atoms. The monoisotopic (exact) mass is 681 g/mol. The summed E-state index contributed by atoms with van der Waals surface area (Å²) in [6.07, 6.45) is 1.19. The van der Waals surface area contributed by atoms with E-state index in [1.165, 1.54) is 30.3 Å². The molecule has 3 heterocycles. The summed E-state index contributed by atoms with van der Waals surface area (Å²) in [6.45, 7) is 3.40. The van der Waals surface area contributed by atoms with Gasteiger partial charge in [-0.15, -0.1) is 0 Å². The lowest BCUT2D eigenvalue weighted by Crippen LogP contribution is -2.49. The van der Waals surface area contributed by atoms with Gasteiger partial charge in [0.2, 0.25) is 11.8 Å². The van der Waals surface area contributed by atoms with Gasteiger partial charge in [-0.05, 0) is 79.6 Å². The van der Waals surface area contributed by atoms with Gasteiger partial charge in [0.05, 0.1) is 24.0 Å². The number of anilines is 1. The highest BCUT2D eigenvalue weighted by Gasteiger charge is 2.51. The minimum Gasteiger partial charge on any atom is -0.369 e. The molecule has 0 unspecified atom stereocenters. The zero-order valence-electron chi connectivity index (χ0n) is 27.0. The first-order chi connectivity index (χ1) is 23.4. The number of fused-ring (bicyclic) bond motifs is 1. The van der Waals surface area contributed by atoms with E-state index in [-0.39, 0.29) is 5.69 Å². The first-order valence-corrected chi connectivity index (χ1v) is 16.4. The highest BCUT2D eigenvalue weighted by Crippen LogP contribution is 2.37. The van der Waals surface area contributed by atoms with E-state index in [4.69, 9.17) is 5.84 Å². The standard InChI is InChI=1S/C35H39F4N7O3/c1-21(28-9-8-27(44-12-14-45(40)15-13-44)17-23(28)5-4-22-2-3-22)42-34(49)31-18-25(35(37,38)39)20-46(31)32(47)19-41-33(48)30-10-6-24-16-26(36)7-11-29(24)43-30/h4-11,16-17,21-22,25,31H,2-3,12-15,18-20,40H2,1H3,(H,41,48)(H,42,49)/b5-4+/t21-,25+,31-/m0/s1. The second-order valence-electron chi connectivity index (χ2n) is 13.0. The fraction of sp³-hybridized carbons (Fsp3) is 0.429. The van der Waals surface area contributed by atoms with Gasteiger partial charge in [0.15, 0.2) is 0 Å².